The second-order valence-corrected chi connectivity index (χ2v) is 13.5. The fraction of sp³-hybridized carbons (Fsp3) is 0.425. The van der Waals surface area contributed by atoms with E-state index in [0.29, 0.717) is 17.2 Å². The van der Waals surface area contributed by atoms with E-state index in [1.54, 1.807) is 6.92 Å². The van der Waals surface area contributed by atoms with Crippen LogP contribution in [-0.2, 0) is 17.9 Å². The van der Waals surface area contributed by atoms with Gasteiger partial charge in [-0.15, -0.1) is 0 Å². The SMILES string of the molecule is C=CC(=C)N1CCC(N(CC)c2cc(-c3cccc(CN4CCN(C(C)=O)CC4)c3)cc(C(=O)NCc3c(C)cc(C)[nH]c3=O)c2C)CC1. The zero-order chi connectivity index (χ0) is 35.2. The van der Waals surface area contributed by atoms with E-state index in [1.165, 1.54) is 5.56 Å². The molecular formula is C40H52N6O3. The predicted molar refractivity (Wildman–Crippen MR) is 199 cm³/mol. The van der Waals surface area contributed by atoms with E-state index in [4.69, 9.17) is 0 Å². The van der Waals surface area contributed by atoms with Gasteiger partial charge >= 0.3 is 0 Å². The number of likely N-dealkylation sites (tertiary alicyclic amines) is 1. The van der Waals surface area contributed by atoms with Gasteiger partial charge in [0.2, 0.25) is 5.91 Å². The van der Waals surface area contributed by atoms with Crippen molar-refractivity contribution in [2.45, 2.75) is 66.6 Å². The Morgan fingerprint density at radius 2 is 1.69 bits per heavy atom. The lowest BCUT2D eigenvalue weighted by Crippen LogP contribution is -2.47. The molecule has 3 heterocycles. The molecule has 0 atom stereocenters. The second kappa shape index (κ2) is 15.7. The molecule has 260 valence electrons. The number of amides is 2. The lowest BCUT2D eigenvalue weighted by Gasteiger charge is -2.41. The van der Waals surface area contributed by atoms with Crippen LogP contribution in [0.4, 0.5) is 5.69 Å². The molecule has 2 amide bonds. The first-order valence-corrected chi connectivity index (χ1v) is 17.5. The van der Waals surface area contributed by atoms with Crippen LogP contribution in [0.2, 0.25) is 0 Å². The van der Waals surface area contributed by atoms with Gasteiger partial charge in [0.25, 0.3) is 11.5 Å². The monoisotopic (exact) mass is 664 g/mol. The van der Waals surface area contributed by atoms with Gasteiger partial charge in [-0.1, -0.05) is 31.4 Å². The van der Waals surface area contributed by atoms with Gasteiger partial charge in [0.15, 0.2) is 0 Å². The van der Waals surface area contributed by atoms with Gasteiger partial charge in [-0.2, -0.15) is 0 Å². The minimum atomic E-state index is -0.201. The first-order valence-electron chi connectivity index (χ1n) is 17.5. The molecule has 1 aromatic heterocycles. The van der Waals surface area contributed by atoms with Crippen molar-refractivity contribution < 1.29 is 9.59 Å². The molecule has 49 heavy (non-hydrogen) atoms. The number of hydrogen-bond acceptors (Lipinski definition) is 6. The Bertz CT molecular complexity index is 1760. The van der Waals surface area contributed by atoms with Gasteiger partial charge in [-0.3, -0.25) is 19.3 Å². The lowest BCUT2D eigenvalue weighted by atomic mass is 9.94. The van der Waals surface area contributed by atoms with Crippen molar-refractivity contribution in [3.8, 4) is 11.1 Å². The van der Waals surface area contributed by atoms with E-state index in [2.05, 4.69) is 75.4 Å². The summed E-state index contributed by atoms with van der Waals surface area (Å²) in [6.45, 7) is 24.4. The number of aromatic nitrogens is 1. The van der Waals surface area contributed by atoms with Gasteiger partial charge in [-0.05, 0) is 98.7 Å². The van der Waals surface area contributed by atoms with Crippen LogP contribution >= 0.6 is 0 Å². The number of anilines is 1. The Labute approximate surface area is 291 Å². The number of aromatic amines is 1. The predicted octanol–water partition coefficient (Wildman–Crippen LogP) is 5.55. The van der Waals surface area contributed by atoms with Crippen molar-refractivity contribution in [3.63, 3.8) is 0 Å². The first-order chi connectivity index (χ1) is 23.5. The maximum absolute atomic E-state index is 14.0. The smallest absolute Gasteiger partial charge is 0.253 e. The van der Waals surface area contributed by atoms with Crippen molar-refractivity contribution in [1.82, 2.24) is 25.0 Å². The highest BCUT2D eigenvalue weighted by Crippen LogP contribution is 2.35. The molecule has 5 rings (SSSR count). The third-order valence-corrected chi connectivity index (χ3v) is 10.2. The largest absolute Gasteiger partial charge is 0.372 e. The summed E-state index contributed by atoms with van der Waals surface area (Å²) in [5.74, 6) is -0.0704. The van der Waals surface area contributed by atoms with E-state index in [0.717, 1.165) is 105 Å². The normalized spacial score (nSPS) is 15.6. The van der Waals surface area contributed by atoms with Crippen LogP contribution in [-0.4, -0.2) is 83.4 Å². The summed E-state index contributed by atoms with van der Waals surface area (Å²) in [7, 11) is 0. The lowest BCUT2D eigenvalue weighted by molar-refractivity contribution is -0.130. The number of piperidine rings is 1. The number of allylic oxidation sites excluding steroid dienone is 1. The summed E-state index contributed by atoms with van der Waals surface area (Å²) >= 11 is 0. The number of nitrogens with one attached hydrogen (secondary N) is 2. The molecule has 9 heteroatoms. The van der Waals surface area contributed by atoms with Gasteiger partial charge in [-0.25, -0.2) is 0 Å². The summed E-state index contributed by atoms with van der Waals surface area (Å²) < 4.78 is 0. The molecule has 2 saturated heterocycles. The Kier molecular flexibility index (Phi) is 11.4. The molecule has 2 N–H and O–H groups in total. The topological polar surface area (TPSA) is 92.0 Å². The highest BCUT2D eigenvalue weighted by molar-refractivity contribution is 5.99. The molecule has 0 spiro atoms. The van der Waals surface area contributed by atoms with Gasteiger partial charge in [0, 0.05) is 100 Å². The number of carbonyl (C=O) groups is 2. The minimum absolute atomic E-state index is 0.131. The molecule has 2 aliphatic heterocycles. The van der Waals surface area contributed by atoms with Crippen molar-refractivity contribution in [2.75, 3.05) is 50.7 Å². The molecule has 2 aliphatic rings. The Morgan fingerprint density at radius 3 is 2.33 bits per heavy atom. The third kappa shape index (κ3) is 8.33. The van der Waals surface area contributed by atoms with Crippen LogP contribution in [0, 0.1) is 20.8 Å². The molecule has 0 unspecified atom stereocenters. The number of rotatable bonds is 11. The molecule has 0 bridgehead atoms. The van der Waals surface area contributed by atoms with Crippen molar-refractivity contribution in [2.24, 2.45) is 0 Å². The van der Waals surface area contributed by atoms with E-state index >= 15 is 0 Å². The van der Waals surface area contributed by atoms with Gasteiger partial charge < -0.3 is 25.0 Å². The number of benzene rings is 2. The molecule has 2 aromatic carbocycles. The quantitative estimate of drug-likeness (QED) is 0.261. The molecule has 3 aromatic rings. The van der Waals surface area contributed by atoms with E-state index in [1.807, 2.05) is 43.9 Å². The molecule has 0 radical (unpaired) electrons. The number of nitrogens with zero attached hydrogens (tertiary/aromatic N) is 4. The number of carbonyl (C=O) groups excluding carboxylic acids is 2. The highest BCUT2D eigenvalue weighted by Gasteiger charge is 2.27. The highest BCUT2D eigenvalue weighted by atomic mass is 16.2. The number of hydrogen-bond donors (Lipinski definition) is 2. The Balaban J connectivity index is 1.46. The zero-order valence-electron chi connectivity index (χ0n) is 29.9. The van der Waals surface area contributed by atoms with Gasteiger partial charge in [0.05, 0.1) is 0 Å². The van der Waals surface area contributed by atoms with E-state index in [-0.39, 0.29) is 23.9 Å². The van der Waals surface area contributed by atoms with Crippen molar-refractivity contribution >= 4 is 17.5 Å². The number of aryl methyl sites for hydroxylation is 2. The summed E-state index contributed by atoms with van der Waals surface area (Å²) in [6, 6.07) is 15.0. The summed E-state index contributed by atoms with van der Waals surface area (Å²) in [4.78, 5) is 50.5. The number of H-pyrrole nitrogens is 1. The summed E-state index contributed by atoms with van der Waals surface area (Å²) in [6.07, 6.45) is 3.78. The number of piperazine rings is 1. The maximum Gasteiger partial charge on any atom is 0.253 e. The van der Waals surface area contributed by atoms with Crippen LogP contribution in [0.25, 0.3) is 11.1 Å². The Morgan fingerprint density at radius 1 is 0.980 bits per heavy atom. The molecule has 0 saturated carbocycles. The van der Waals surface area contributed by atoms with Crippen LogP contribution in [0.1, 0.15) is 65.0 Å². The number of pyridine rings is 1. The summed E-state index contributed by atoms with van der Waals surface area (Å²) in [5, 5.41) is 3.06. The Hall–Kier alpha value is -4.63. The van der Waals surface area contributed by atoms with Crippen molar-refractivity contribution in [1.29, 1.82) is 0 Å². The van der Waals surface area contributed by atoms with Crippen molar-refractivity contribution in [3.05, 3.63) is 111 Å². The molecule has 0 aliphatic carbocycles. The minimum Gasteiger partial charge on any atom is -0.372 e. The molecule has 9 nitrogen and oxygen atoms in total. The fourth-order valence-electron chi connectivity index (χ4n) is 7.31. The summed E-state index contributed by atoms with van der Waals surface area (Å²) in [5.41, 5.74) is 8.81. The van der Waals surface area contributed by atoms with Crippen LogP contribution < -0.4 is 15.8 Å². The molecule has 2 fully saturated rings. The first kappa shape index (κ1) is 35.7. The third-order valence-electron chi connectivity index (χ3n) is 10.2. The average Bonchev–Trinajstić information content (AvgIpc) is 3.09. The van der Waals surface area contributed by atoms with Crippen LogP contribution in [0.5, 0.6) is 0 Å². The zero-order valence-corrected chi connectivity index (χ0v) is 29.9. The van der Waals surface area contributed by atoms with Gasteiger partial charge in [0.1, 0.15) is 0 Å². The second-order valence-electron chi connectivity index (χ2n) is 13.5. The van der Waals surface area contributed by atoms with Crippen LogP contribution in [0.15, 0.2) is 72.2 Å². The van der Waals surface area contributed by atoms with E-state index in [9.17, 15) is 14.4 Å². The fourth-order valence-corrected chi connectivity index (χ4v) is 7.31. The van der Waals surface area contributed by atoms with E-state index < -0.39 is 0 Å². The standard InChI is InChI=1S/C40H52N6O3/c1-8-29(5)44-15-13-35(14-16-44)46(9-2)38-24-34(33-12-10-11-32(22-33)26-43-17-19-45(20-18-43)31(7)47)23-36(30(38)6)39(48)41-25-37-27(3)21-28(4)42-40(37)49/h8,10-12,21-24,35H,1,5,9,13-20,25-26H2,2-4,6-7H3,(H,41,48)(H,42,49). The maximum atomic E-state index is 14.0. The average molecular weight is 665 g/mol. The molecular weight excluding hydrogens is 612 g/mol. The van der Waals surface area contributed by atoms with Crippen LogP contribution in [0.3, 0.4) is 0 Å².